The lowest BCUT2D eigenvalue weighted by Gasteiger charge is -2.34. The first-order chi connectivity index (χ1) is 13.8. The maximum absolute atomic E-state index is 13.1. The van der Waals surface area contributed by atoms with E-state index in [2.05, 4.69) is 20.1 Å². The van der Waals surface area contributed by atoms with Crippen molar-refractivity contribution >= 4 is 17.5 Å². The number of nitrogens with one attached hydrogen (secondary N) is 1. The number of aromatic nitrogens is 3. The van der Waals surface area contributed by atoms with E-state index in [0.29, 0.717) is 0 Å². The third kappa shape index (κ3) is 4.83. The summed E-state index contributed by atoms with van der Waals surface area (Å²) < 4.78 is 69.0. The van der Waals surface area contributed by atoms with Crippen molar-refractivity contribution in [1.82, 2.24) is 14.8 Å². The number of halogens is 5. The molecule has 0 atom stereocenters. The Bertz CT molecular complexity index is 981. The van der Waals surface area contributed by atoms with Crippen LogP contribution >= 0.6 is 0 Å². The lowest BCUT2D eigenvalue weighted by molar-refractivity contribution is -0.276. The highest BCUT2D eigenvalue weighted by Crippen LogP contribution is 2.43. The number of hydrogen-bond donors (Lipinski definition) is 2. The Hall–Kier alpha value is -3.25. The Morgan fingerprint density at radius 1 is 1.37 bits per heavy atom. The molecule has 3 rings (SSSR count). The second kappa shape index (κ2) is 7.54. The third-order valence-electron chi connectivity index (χ3n) is 4.45. The second-order valence-corrected chi connectivity index (χ2v) is 6.89. The Morgan fingerprint density at radius 2 is 2.03 bits per heavy atom. The van der Waals surface area contributed by atoms with Gasteiger partial charge in [0.25, 0.3) is 11.8 Å². The average molecular weight is 433 g/mol. The van der Waals surface area contributed by atoms with Crippen molar-refractivity contribution in [2.75, 3.05) is 5.32 Å². The summed E-state index contributed by atoms with van der Waals surface area (Å²) in [5.74, 6) is -5.98. The first-order valence-corrected chi connectivity index (χ1v) is 8.63. The zero-order valence-electron chi connectivity index (χ0n) is 15.5. The van der Waals surface area contributed by atoms with Crippen LogP contribution in [0.15, 0.2) is 18.3 Å². The maximum Gasteiger partial charge on any atom is 0.574 e. The van der Waals surface area contributed by atoms with E-state index in [-0.39, 0.29) is 29.2 Å². The van der Waals surface area contributed by atoms with Crippen LogP contribution in [0.1, 0.15) is 39.4 Å². The molecule has 0 radical (unpaired) electrons. The van der Waals surface area contributed by atoms with Crippen LogP contribution in [0.25, 0.3) is 0 Å². The quantitative estimate of drug-likeness (QED) is 0.681. The lowest BCUT2D eigenvalue weighted by atomic mass is 9.81. The molecule has 3 N–H and O–H groups in total. The number of pyridine rings is 1. The van der Waals surface area contributed by atoms with E-state index in [9.17, 15) is 31.5 Å². The molecule has 0 bridgehead atoms. The number of alkyl halides is 5. The van der Waals surface area contributed by atoms with Crippen LogP contribution < -0.4 is 15.8 Å². The van der Waals surface area contributed by atoms with E-state index in [1.54, 1.807) is 0 Å². The maximum atomic E-state index is 13.1. The molecule has 1 aliphatic rings. The summed E-state index contributed by atoms with van der Waals surface area (Å²) in [5.41, 5.74) is 4.57. The van der Waals surface area contributed by atoms with Gasteiger partial charge in [-0.25, -0.2) is 8.78 Å². The molecular weight excluding hydrogens is 417 g/mol. The zero-order chi connectivity index (χ0) is 22.3. The van der Waals surface area contributed by atoms with E-state index in [0.717, 1.165) is 4.68 Å². The minimum atomic E-state index is -5.05. The molecule has 30 heavy (non-hydrogen) atoms. The predicted octanol–water partition coefficient (Wildman–Crippen LogP) is 2.88. The summed E-state index contributed by atoms with van der Waals surface area (Å²) in [7, 11) is 0. The van der Waals surface area contributed by atoms with Crippen LogP contribution in [-0.2, 0) is 6.54 Å². The van der Waals surface area contributed by atoms with Crippen molar-refractivity contribution in [2.45, 2.75) is 38.6 Å². The highest BCUT2D eigenvalue weighted by Gasteiger charge is 2.46. The topological polar surface area (TPSA) is 112 Å². The highest BCUT2D eigenvalue weighted by atomic mass is 19.4. The second-order valence-electron chi connectivity index (χ2n) is 6.89. The lowest BCUT2D eigenvalue weighted by Crippen LogP contribution is -2.38. The number of amides is 2. The normalized spacial score (nSPS) is 16.1. The van der Waals surface area contributed by atoms with Crippen molar-refractivity contribution < 1.29 is 36.3 Å². The fourth-order valence-electron chi connectivity index (χ4n) is 3.15. The minimum absolute atomic E-state index is 0.101. The van der Waals surface area contributed by atoms with Crippen molar-refractivity contribution in [3.63, 3.8) is 0 Å². The van der Waals surface area contributed by atoms with Crippen molar-refractivity contribution in [2.24, 2.45) is 11.7 Å². The molecule has 0 unspecified atom stereocenters. The van der Waals surface area contributed by atoms with Crippen molar-refractivity contribution in [1.29, 1.82) is 0 Å². The van der Waals surface area contributed by atoms with E-state index in [1.165, 1.54) is 25.3 Å². The summed E-state index contributed by atoms with van der Waals surface area (Å²) in [6.07, 6.45) is -4.78. The van der Waals surface area contributed by atoms with Gasteiger partial charge >= 0.3 is 6.36 Å². The first kappa shape index (κ1) is 21.5. The number of hydrogen-bond acceptors (Lipinski definition) is 5. The van der Waals surface area contributed by atoms with Crippen LogP contribution in [0.3, 0.4) is 0 Å². The van der Waals surface area contributed by atoms with Gasteiger partial charge in [-0.1, -0.05) is 0 Å². The molecule has 2 aromatic rings. The third-order valence-corrected chi connectivity index (χ3v) is 4.45. The van der Waals surface area contributed by atoms with Crippen molar-refractivity contribution in [3.05, 3.63) is 35.3 Å². The van der Waals surface area contributed by atoms with Gasteiger partial charge in [0, 0.05) is 36.8 Å². The molecule has 13 heteroatoms. The molecule has 0 aromatic carbocycles. The number of nitrogens with two attached hydrogens (primary N) is 1. The number of primary amides is 1. The van der Waals surface area contributed by atoms with Gasteiger partial charge in [0.15, 0.2) is 0 Å². The van der Waals surface area contributed by atoms with Gasteiger partial charge in [0.1, 0.15) is 11.4 Å². The molecule has 162 valence electrons. The van der Waals surface area contributed by atoms with E-state index in [4.69, 9.17) is 5.73 Å². The van der Waals surface area contributed by atoms with Gasteiger partial charge < -0.3 is 15.8 Å². The van der Waals surface area contributed by atoms with Crippen LogP contribution in [0, 0.1) is 12.8 Å². The summed E-state index contributed by atoms with van der Waals surface area (Å²) in [4.78, 5) is 27.7. The monoisotopic (exact) mass is 433 g/mol. The van der Waals surface area contributed by atoms with Crippen LogP contribution in [0.5, 0.6) is 5.88 Å². The van der Waals surface area contributed by atoms with Gasteiger partial charge in [-0.3, -0.25) is 19.3 Å². The molecule has 1 saturated carbocycles. The predicted molar refractivity (Wildman–Crippen MR) is 92.0 cm³/mol. The van der Waals surface area contributed by atoms with E-state index in [1.807, 2.05) is 0 Å². The smallest absolute Gasteiger partial charge is 0.386 e. The summed E-state index contributed by atoms with van der Waals surface area (Å²) in [6.45, 7) is 1.000. The number of anilines is 1. The van der Waals surface area contributed by atoms with Gasteiger partial charge in [0.2, 0.25) is 11.8 Å². The van der Waals surface area contributed by atoms with Gasteiger partial charge in [-0.15, -0.1) is 18.3 Å². The number of ether oxygens (including phenoxy) is 1. The molecule has 2 amide bonds. The Morgan fingerprint density at radius 3 is 2.60 bits per heavy atom. The SMILES string of the molecule is Cc1c(OC(F)(F)F)nn(CC2CC(F)(F)C2)c1C(=O)Nc1ccnc(C(N)=O)c1. The zero-order valence-corrected chi connectivity index (χ0v) is 15.5. The van der Waals surface area contributed by atoms with Crippen LogP contribution in [0.4, 0.5) is 27.6 Å². The summed E-state index contributed by atoms with van der Waals surface area (Å²) in [5, 5.41) is 6.06. The largest absolute Gasteiger partial charge is 0.574 e. The standard InChI is InChI=1S/C17H16F5N5O3/c1-8-12(14(29)25-10-2-3-24-11(4-10)13(23)28)27(7-9-5-16(18,19)6-9)26-15(8)30-17(20,21)22/h2-4,9H,5-7H2,1H3,(H2,23,28)(H,24,25,29). The average Bonchev–Trinajstić information content (AvgIpc) is 2.87. The fourth-order valence-corrected chi connectivity index (χ4v) is 3.15. The molecule has 0 spiro atoms. The Balaban J connectivity index is 1.89. The number of rotatable bonds is 6. The van der Waals surface area contributed by atoms with Crippen LogP contribution in [0.2, 0.25) is 0 Å². The molecule has 1 fully saturated rings. The first-order valence-electron chi connectivity index (χ1n) is 8.63. The highest BCUT2D eigenvalue weighted by molar-refractivity contribution is 6.05. The molecule has 1 aliphatic carbocycles. The molecule has 2 heterocycles. The molecule has 8 nitrogen and oxygen atoms in total. The minimum Gasteiger partial charge on any atom is -0.386 e. The number of nitrogens with zero attached hydrogens (tertiary/aromatic N) is 3. The Labute approximate surface area is 166 Å². The molecule has 2 aromatic heterocycles. The fraction of sp³-hybridized carbons (Fsp3) is 0.412. The van der Waals surface area contributed by atoms with Gasteiger partial charge in [-0.05, 0) is 25.0 Å². The Kier molecular flexibility index (Phi) is 5.39. The van der Waals surface area contributed by atoms with Crippen molar-refractivity contribution in [3.8, 4) is 5.88 Å². The van der Waals surface area contributed by atoms with Crippen LogP contribution in [-0.4, -0.2) is 38.9 Å². The molecular formula is C17H16F5N5O3. The molecule has 0 saturated heterocycles. The number of carbonyl (C=O) groups is 2. The van der Waals surface area contributed by atoms with Gasteiger partial charge in [0.05, 0.1) is 0 Å². The molecule has 0 aliphatic heterocycles. The summed E-state index contributed by atoms with van der Waals surface area (Å²) >= 11 is 0. The van der Waals surface area contributed by atoms with E-state index >= 15 is 0 Å². The van der Waals surface area contributed by atoms with Gasteiger partial charge in [-0.2, -0.15) is 0 Å². The van der Waals surface area contributed by atoms with E-state index < -0.39 is 48.7 Å². The number of carbonyl (C=O) groups excluding carboxylic acids is 2. The summed E-state index contributed by atoms with van der Waals surface area (Å²) in [6, 6.07) is 2.51.